The Labute approximate surface area is 168 Å². The maximum Gasteiger partial charge on any atom is 0.162 e. The van der Waals surface area contributed by atoms with Crippen LogP contribution in [0.15, 0.2) is 18.7 Å². The van der Waals surface area contributed by atoms with Crippen LogP contribution in [-0.2, 0) is 17.6 Å². The maximum atomic E-state index is 15.0. The van der Waals surface area contributed by atoms with E-state index < -0.39 is 11.6 Å². The van der Waals surface area contributed by atoms with Crippen LogP contribution < -0.4 is 0 Å². The van der Waals surface area contributed by atoms with Crippen molar-refractivity contribution in [2.24, 2.45) is 17.8 Å². The number of hydrogen-bond acceptors (Lipinski definition) is 1. The lowest BCUT2D eigenvalue weighted by atomic mass is 9.65. The highest BCUT2D eigenvalue weighted by Gasteiger charge is 2.38. The predicted octanol–water partition coefficient (Wildman–Crippen LogP) is 6.73. The summed E-state index contributed by atoms with van der Waals surface area (Å²) in [5.74, 6) is 0.883. The van der Waals surface area contributed by atoms with Crippen molar-refractivity contribution >= 4 is 0 Å². The summed E-state index contributed by atoms with van der Waals surface area (Å²) in [7, 11) is 0. The van der Waals surface area contributed by atoms with Crippen molar-refractivity contribution in [2.45, 2.75) is 83.2 Å². The van der Waals surface area contributed by atoms with Crippen LogP contribution in [-0.4, -0.2) is 12.7 Å². The van der Waals surface area contributed by atoms with E-state index in [-0.39, 0.29) is 5.92 Å². The van der Waals surface area contributed by atoms with Gasteiger partial charge in [0.15, 0.2) is 11.6 Å². The standard InChI is InChI=1S/C25H34F2O/c1-3-11-28-21-10-9-17-13-19(8-7-18(17)14-21)23-15-20-6-5-16(4-2)12-22(20)24(26)25(23)27/h3,15-19,21H,1,4-14H2,2H3. The first-order valence-electron chi connectivity index (χ1n) is 11.3. The van der Waals surface area contributed by atoms with E-state index in [1.54, 1.807) is 0 Å². The molecule has 5 unspecified atom stereocenters. The Morgan fingerprint density at radius 1 is 1.07 bits per heavy atom. The number of halogens is 2. The molecule has 0 aromatic heterocycles. The number of fused-ring (bicyclic) bond motifs is 2. The van der Waals surface area contributed by atoms with Crippen LogP contribution in [0.25, 0.3) is 0 Å². The van der Waals surface area contributed by atoms with Gasteiger partial charge >= 0.3 is 0 Å². The van der Waals surface area contributed by atoms with Gasteiger partial charge < -0.3 is 4.74 Å². The van der Waals surface area contributed by atoms with Gasteiger partial charge in [-0.25, -0.2) is 8.78 Å². The van der Waals surface area contributed by atoms with Crippen molar-refractivity contribution in [1.82, 2.24) is 0 Å². The van der Waals surface area contributed by atoms with Crippen LogP contribution in [0, 0.1) is 29.4 Å². The lowest BCUT2D eigenvalue weighted by Gasteiger charge is -2.42. The first kappa shape index (κ1) is 20.1. The molecule has 5 atom stereocenters. The van der Waals surface area contributed by atoms with Gasteiger partial charge in [-0.1, -0.05) is 25.5 Å². The number of benzene rings is 1. The molecule has 28 heavy (non-hydrogen) atoms. The van der Waals surface area contributed by atoms with Crippen molar-refractivity contribution in [1.29, 1.82) is 0 Å². The van der Waals surface area contributed by atoms with Crippen molar-refractivity contribution in [2.75, 3.05) is 6.61 Å². The van der Waals surface area contributed by atoms with Crippen LogP contribution in [0.4, 0.5) is 8.78 Å². The van der Waals surface area contributed by atoms with E-state index >= 15 is 4.39 Å². The summed E-state index contributed by atoms with van der Waals surface area (Å²) < 4.78 is 35.8. The minimum atomic E-state index is -0.554. The molecule has 0 saturated heterocycles. The third-order valence-corrected chi connectivity index (χ3v) is 7.78. The summed E-state index contributed by atoms with van der Waals surface area (Å²) in [6, 6.07) is 2.03. The van der Waals surface area contributed by atoms with Crippen LogP contribution in [0.2, 0.25) is 0 Å². The minimum Gasteiger partial charge on any atom is -0.374 e. The Kier molecular flexibility index (Phi) is 6.20. The molecule has 1 nitrogen and oxygen atoms in total. The molecule has 2 fully saturated rings. The molecule has 0 radical (unpaired) electrons. The minimum absolute atomic E-state index is 0.176. The fourth-order valence-corrected chi connectivity index (χ4v) is 6.06. The Bertz CT molecular complexity index is 713. The molecule has 0 aliphatic heterocycles. The molecule has 3 aliphatic carbocycles. The topological polar surface area (TPSA) is 9.23 Å². The molecular weight excluding hydrogens is 354 g/mol. The summed E-state index contributed by atoms with van der Waals surface area (Å²) in [4.78, 5) is 0. The van der Waals surface area contributed by atoms with Gasteiger partial charge in [-0.3, -0.25) is 0 Å². The molecule has 3 heteroatoms. The molecule has 0 spiro atoms. The normalized spacial score (nSPS) is 32.5. The van der Waals surface area contributed by atoms with Crippen molar-refractivity contribution in [3.8, 4) is 0 Å². The lowest BCUT2D eigenvalue weighted by Crippen LogP contribution is -2.34. The van der Waals surface area contributed by atoms with Gasteiger partial charge in [-0.05, 0) is 98.1 Å². The van der Waals surface area contributed by atoms with Gasteiger partial charge in [-0.2, -0.15) is 0 Å². The second-order valence-corrected chi connectivity index (χ2v) is 9.34. The van der Waals surface area contributed by atoms with Gasteiger partial charge in [0.1, 0.15) is 0 Å². The highest BCUT2D eigenvalue weighted by atomic mass is 19.2. The summed E-state index contributed by atoms with van der Waals surface area (Å²) in [6.45, 7) is 6.51. The van der Waals surface area contributed by atoms with E-state index in [9.17, 15) is 4.39 Å². The van der Waals surface area contributed by atoms with Crippen LogP contribution >= 0.6 is 0 Å². The van der Waals surface area contributed by atoms with E-state index in [1.165, 1.54) is 0 Å². The third-order valence-electron chi connectivity index (χ3n) is 7.78. The van der Waals surface area contributed by atoms with Gasteiger partial charge in [0, 0.05) is 0 Å². The molecule has 0 amide bonds. The predicted molar refractivity (Wildman–Crippen MR) is 110 cm³/mol. The first-order chi connectivity index (χ1) is 13.6. The summed E-state index contributed by atoms with van der Waals surface area (Å²) >= 11 is 0. The third kappa shape index (κ3) is 3.92. The molecular formula is C25H34F2O. The molecule has 1 aromatic carbocycles. The molecule has 1 aromatic rings. The van der Waals surface area contributed by atoms with Crippen molar-refractivity contribution in [3.63, 3.8) is 0 Å². The largest absolute Gasteiger partial charge is 0.374 e. The zero-order valence-electron chi connectivity index (χ0n) is 17.2. The quantitative estimate of drug-likeness (QED) is 0.508. The number of hydrogen-bond donors (Lipinski definition) is 0. The number of rotatable bonds is 5. The molecule has 154 valence electrons. The highest BCUT2D eigenvalue weighted by Crippen LogP contribution is 2.48. The average molecular weight is 389 g/mol. The Morgan fingerprint density at radius 2 is 1.86 bits per heavy atom. The average Bonchev–Trinajstić information content (AvgIpc) is 2.74. The van der Waals surface area contributed by atoms with E-state index in [4.69, 9.17) is 4.74 Å². The SMILES string of the molecule is C=CCOC1CCC2CC(c3cc4c(c(F)c3F)CC(CC)CC4)CCC2C1. The second kappa shape index (κ2) is 8.65. The Morgan fingerprint density at radius 3 is 2.64 bits per heavy atom. The number of aryl methyl sites for hydroxylation is 1. The summed E-state index contributed by atoms with van der Waals surface area (Å²) in [6.07, 6.45) is 12.4. The molecule has 4 rings (SSSR count). The maximum absolute atomic E-state index is 15.0. The number of ether oxygens (including phenoxy) is 1. The molecule has 0 heterocycles. The van der Waals surface area contributed by atoms with Crippen LogP contribution in [0.3, 0.4) is 0 Å². The van der Waals surface area contributed by atoms with E-state index in [0.717, 1.165) is 63.4 Å². The molecule has 2 saturated carbocycles. The highest BCUT2D eigenvalue weighted by molar-refractivity contribution is 5.38. The Hall–Kier alpha value is -1.22. The van der Waals surface area contributed by atoms with E-state index in [0.29, 0.717) is 48.0 Å². The summed E-state index contributed by atoms with van der Waals surface area (Å²) in [5.41, 5.74) is 2.39. The van der Waals surface area contributed by atoms with Crippen LogP contribution in [0.5, 0.6) is 0 Å². The smallest absolute Gasteiger partial charge is 0.162 e. The second-order valence-electron chi connectivity index (χ2n) is 9.34. The first-order valence-corrected chi connectivity index (χ1v) is 11.3. The van der Waals surface area contributed by atoms with Gasteiger partial charge in [-0.15, -0.1) is 6.58 Å². The van der Waals surface area contributed by atoms with E-state index in [1.807, 2.05) is 12.1 Å². The fourth-order valence-electron chi connectivity index (χ4n) is 6.06. The molecule has 3 aliphatic rings. The fraction of sp³-hybridized carbons (Fsp3) is 0.680. The zero-order chi connectivity index (χ0) is 19.7. The van der Waals surface area contributed by atoms with E-state index in [2.05, 4.69) is 13.5 Å². The van der Waals surface area contributed by atoms with Crippen LogP contribution in [0.1, 0.15) is 80.9 Å². The molecule has 0 bridgehead atoms. The lowest BCUT2D eigenvalue weighted by molar-refractivity contribution is -0.00327. The van der Waals surface area contributed by atoms with Gasteiger partial charge in [0.2, 0.25) is 0 Å². The van der Waals surface area contributed by atoms with Crippen molar-refractivity contribution in [3.05, 3.63) is 47.0 Å². The Balaban J connectivity index is 1.48. The zero-order valence-corrected chi connectivity index (χ0v) is 17.2. The monoisotopic (exact) mass is 388 g/mol. The molecule has 0 N–H and O–H groups in total. The van der Waals surface area contributed by atoms with Crippen molar-refractivity contribution < 1.29 is 13.5 Å². The van der Waals surface area contributed by atoms with Gasteiger partial charge in [0.25, 0.3) is 0 Å². The summed E-state index contributed by atoms with van der Waals surface area (Å²) in [5, 5.41) is 0. The van der Waals surface area contributed by atoms with Gasteiger partial charge in [0.05, 0.1) is 12.7 Å².